The number of unbranched alkanes of at least 4 members (excludes halogenated alkanes) is 15. The fourth-order valence-corrected chi connectivity index (χ4v) is 6.17. The topological polar surface area (TPSA) is 102 Å². The number of rotatable bonds is 39. The fourth-order valence-electron chi connectivity index (χ4n) is 6.17. The quantitative estimate of drug-likeness (QED) is 0.0265. The SMILES string of the molecule is CC/C=C/C/C=C/C/C=C/C/C=C/CCCCCC(=O)OCC(COCCC(C(=O)[O-])[N+](C)(C)C)OC(=O)CCCCCCC/C=C/CCCCCCCCC. The van der Waals surface area contributed by atoms with Gasteiger partial charge in [-0.15, -0.1) is 0 Å². The molecular weight excluding hydrogens is 703 g/mol. The van der Waals surface area contributed by atoms with E-state index in [1.807, 2.05) is 0 Å². The van der Waals surface area contributed by atoms with E-state index in [1.165, 1.54) is 57.8 Å². The number of hydrogen-bond acceptors (Lipinski definition) is 7. The van der Waals surface area contributed by atoms with Crippen LogP contribution in [-0.4, -0.2) is 75.5 Å². The summed E-state index contributed by atoms with van der Waals surface area (Å²) >= 11 is 0. The normalized spacial score (nSPS) is 13.5. The van der Waals surface area contributed by atoms with Gasteiger partial charge in [-0.2, -0.15) is 0 Å². The smallest absolute Gasteiger partial charge is 0.306 e. The molecule has 0 heterocycles. The van der Waals surface area contributed by atoms with Crippen molar-refractivity contribution in [2.75, 3.05) is 41.0 Å². The summed E-state index contributed by atoms with van der Waals surface area (Å²) < 4.78 is 17.1. The van der Waals surface area contributed by atoms with Crippen LogP contribution in [0.4, 0.5) is 0 Å². The molecule has 56 heavy (non-hydrogen) atoms. The molecule has 8 nitrogen and oxygen atoms in total. The third kappa shape index (κ3) is 36.7. The van der Waals surface area contributed by atoms with Gasteiger partial charge in [0.15, 0.2) is 6.10 Å². The minimum absolute atomic E-state index is 0.0251. The molecule has 0 aliphatic carbocycles. The molecule has 0 radical (unpaired) electrons. The Morgan fingerprint density at radius 2 is 1.00 bits per heavy atom. The van der Waals surface area contributed by atoms with Crippen molar-refractivity contribution in [2.24, 2.45) is 0 Å². The maximum absolute atomic E-state index is 12.7. The second kappa shape index (κ2) is 38.9. The number of aliphatic carboxylic acids is 1. The van der Waals surface area contributed by atoms with Gasteiger partial charge >= 0.3 is 11.9 Å². The number of quaternary nitrogens is 1. The molecule has 0 aromatic carbocycles. The zero-order valence-electron chi connectivity index (χ0n) is 36.5. The maximum Gasteiger partial charge on any atom is 0.306 e. The van der Waals surface area contributed by atoms with Crippen LogP contribution in [0.15, 0.2) is 60.8 Å². The lowest BCUT2D eigenvalue weighted by Crippen LogP contribution is -2.55. The second-order valence-corrected chi connectivity index (χ2v) is 15.9. The number of carboxylic acid groups (broad SMARTS) is 1. The van der Waals surface area contributed by atoms with E-state index in [-0.39, 0.29) is 42.7 Å². The van der Waals surface area contributed by atoms with Crippen molar-refractivity contribution in [1.29, 1.82) is 0 Å². The number of nitrogens with zero attached hydrogens (tertiary/aromatic N) is 1. The third-order valence-electron chi connectivity index (χ3n) is 9.64. The van der Waals surface area contributed by atoms with Crippen molar-refractivity contribution in [2.45, 2.75) is 187 Å². The number of carboxylic acids is 1. The zero-order chi connectivity index (χ0) is 41.4. The van der Waals surface area contributed by atoms with Gasteiger partial charge in [0, 0.05) is 19.3 Å². The largest absolute Gasteiger partial charge is 0.544 e. The van der Waals surface area contributed by atoms with E-state index in [9.17, 15) is 19.5 Å². The molecule has 0 aliphatic heterocycles. The molecule has 0 bridgehead atoms. The van der Waals surface area contributed by atoms with Gasteiger partial charge in [0.1, 0.15) is 12.6 Å². The van der Waals surface area contributed by atoms with Gasteiger partial charge in [-0.3, -0.25) is 9.59 Å². The highest BCUT2D eigenvalue weighted by Crippen LogP contribution is 2.13. The van der Waals surface area contributed by atoms with Crippen LogP contribution in [0, 0.1) is 0 Å². The first-order valence-corrected chi connectivity index (χ1v) is 22.3. The van der Waals surface area contributed by atoms with E-state index < -0.39 is 18.1 Å². The van der Waals surface area contributed by atoms with Gasteiger partial charge in [-0.05, 0) is 77.0 Å². The van der Waals surface area contributed by atoms with E-state index in [4.69, 9.17) is 14.2 Å². The minimum atomic E-state index is -1.13. The number of allylic oxidation sites excluding steroid dienone is 10. The van der Waals surface area contributed by atoms with Gasteiger partial charge in [-0.1, -0.05) is 139 Å². The highest BCUT2D eigenvalue weighted by Gasteiger charge is 2.25. The fraction of sp³-hybridized carbons (Fsp3) is 0.729. The van der Waals surface area contributed by atoms with Gasteiger partial charge in [0.25, 0.3) is 0 Å². The standard InChI is InChI=1S/C48H83NO7/c1-6-8-10-12-14-16-18-20-22-24-26-28-30-32-34-36-38-46(50)55-43-44(42-54-41-40-45(48(52)53)49(3,4)5)56-47(51)39-37-35-33-31-29-27-25-23-21-19-17-15-13-11-9-7-2/h8,10,14,16,20,22-23,25-26,28,44-45H,6-7,9,11-13,15,17-19,21,24,27,29-43H2,1-5H3/b10-8+,16-14+,22-20+,25-23+,28-26+. The Morgan fingerprint density at radius 3 is 1.52 bits per heavy atom. The summed E-state index contributed by atoms with van der Waals surface area (Å²) in [7, 11) is 5.39. The summed E-state index contributed by atoms with van der Waals surface area (Å²) in [6, 6.07) is -0.734. The van der Waals surface area contributed by atoms with Crippen LogP contribution in [0.5, 0.6) is 0 Å². The second-order valence-electron chi connectivity index (χ2n) is 15.9. The molecule has 0 fully saturated rings. The lowest BCUT2D eigenvalue weighted by atomic mass is 10.1. The molecule has 322 valence electrons. The molecule has 0 saturated carbocycles. The molecule has 0 spiro atoms. The molecule has 0 aromatic rings. The Balaban J connectivity index is 4.42. The van der Waals surface area contributed by atoms with Crippen LogP contribution in [0.2, 0.25) is 0 Å². The number of esters is 2. The molecule has 0 rings (SSSR count). The van der Waals surface area contributed by atoms with Crippen molar-refractivity contribution in [1.82, 2.24) is 0 Å². The summed E-state index contributed by atoms with van der Waals surface area (Å²) in [5.74, 6) is -1.79. The van der Waals surface area contributed by atoms with Crippen molar-refractivity contribution >= 4 is 17.9 Å². The Hall–Kier alpha value is -2.97. The average molecular weight is 786 g/mol. The molecule has 2 unspecified atom stereocenters. The van der Waals surface area contributed by atoms with Gasteiger partial charge < -0.3 is 28.6 Å². The third-order valence-corrected chi connectivity index (χ3v) is 9.64. The Labute approximate surface area is 343 Å². The van der Waals surface area contributed by atoms with Crippen LogP contribution in [0.3, 0.4) is 0 Å². The lowest BCUT2D eigenvalue weighted by molar-refractivity contribution is -0.889. The number of hydrogen-bond donors (Lipinski definition) is 0. The summed E-state index contributed by atoms with van der Waals surface area (Å²) in [6.45, 7) is 4.50. The molecule has 0 saturated heterocycles. The van der Waals surface area contributed by atoms with Crippen molar-refractivity contribution < 1.29 is 38.2 Å². The molecule has 0 aliphatic rings. The monoisotopic (exact) mass is 786 g/mol. The minimum Gasteiger partial charge on any atom is -0.544 e. The highest BCUT2D eigenvalue weighted by molar-refractivity contribution is 5.70. The summed E-state index contributed by atoms with van der Waals surface area (Å²) in [4.78, 5) is 36.8. The lowest BCUT2D eigenvalue weighted by Gasteiger charge is -2.34. The molecule has 0 aromatic heterocycles. The van der Waals surface area contributed by atoms with Crippen molar-refractivity contribution in [3.8, 4) is 0 Å². The first kappa shape index (κ1) is 53.0. The Kier molecular flexibility index (Phi) is 36.8. The summed E-state index contributed by atoms with van der Waals surface area (Å²) in [5, 5.41) is 11.6. The predicted molar refractivity (Wildman–Crippen MR) is 231 cm³/mol. The molecule has 0 amide bonds. The van der Waals surface area contributed by atoms with Crippen LogP contribution in [0.25, 0.3) is 0 Å². The summed E-state index contributed by atoms with van der Waals surface area (Å²) in [5.41, 5.74) is 0. The molecule has 2 atom stereocenters. The number of ether oxygens (including phenoxy) is 3. The first-order valence-electron chi connectivity index (χ1n) is 22.3. The van der Waals surface area contributed by atoms with Crippen molar-refractivity contribution in [3.63, 3.8) is 0 Å². The maximum atomic E-state index is 12.7. The number of carbonyl (C=O) groups is 3. The number of carbonyl (C=O) groups excluding carboxylic acids is 3. The molecule has 0 N–H and O–H groups in total. The van der Waals surface area contributed by atoms with E-state index >= 15 is 0 Å². The van der Waals surface area contributed by atoms with E-state index in [0.29, 0.717) is 12.8 Å². The zero-order valence-corrected chi connectivity index (χ0v) is 36.5. The van der Waals surface area contributed by atoms with Gasteiger partial charge in [0.2, 0.25) is 0 Å². The number of likely N-dealkylation sites (N-methyl/N-ethyl adjacent to an activating group) is 1. The Bertz CT molecular complexity index is 1100. The van der Waals surface area contributed by atoms with Gasteiger partial charge in [0.05, 0.1) is 40.3 Å². The van der Waals surface area contributed by atoms with E-state index in [2.05, 4.69) is 74.6 Å². The van der Waals surface area contributed by atoms with Gasteiger partial charge in [-0.25, -0.2) is 0 Å². The van der Waals surface area contributed by atoms with Crippen LogP contribution in [-0.2, 0) is 28.6 Å². The van der Waals surface area contributed by atoms with E-state index in [1.54, 1.807) is 21.1 Å². The highest BCUT2D eigenvalue weighted by atomic mass is 16.6. The Morgan fingerprint density at radius 1 is 0.554 bits per heavy atom. The van der Waals surface area contributed by atoms with Crippen LogP contribution >= 0.6 is 0 Å². The average Bonchev–Trinajstić information content (AvgIpc) is 3.15. The van der Waals surface area contributed by atoms with Crippen LogP contribution in [0.1, 0.15) is 174 Å². The first-order chi connectivity index (χ1) is 27.1. The van der Waals surface area contributed by atoms with E-state index in [0.717, 1.165) is 83.5 Å². The summed E-state index contributed by atoms with van der Waals surface area (Å²) in [6.07, 6.45) is 46.7. The predicted octanol–water partition coefficient (Wildman–Crippen LogP) is 10.9. The molecular formula is C48H83NO7. The van der Waals surface area contributed by atoms with Crippen LogP contribution < -0.4 is 5.11 Å². The molecule has 8 heteroatoms. The van der Waals surface area contributed by atoms with Crippen molar-refractivity contribution in [3.05, 3.63) is 60.8 Å².